The summed E-state index contributed by atoms with van der Waals surface area (Å²) in [6, 6.07) is 7.39. The number of hydrogen-bond donors (Lipinski definition) is 1. The van der Waals surface area contributed by atoms with Crippen LogP contribution < -0.4 is 10.3 Å². The minimum absolute atomic E-state index is 0. The summed E-state index contributed by atoms with van der Waals surface area (Å²) >= 11 is 1.17. The van der Waals surface area contributed by atoms with Crippen molar-refractivity contribution >= 4 is 21.7 Å². The molecule has 0 aliphatic rings. The summed E-state index contributed by atoms with van der Waals surface area (Å²) < 4.78 is 12.3. The van der Waals surface area contributed by atoms with Crippen LogP contribution in [0.25, 0.3) is 21.5 Å². The predicted octanol–water partition coefficient (Wildman–Crippen LogP) is 4.27. The van der Waals surface area contributed by atoms with E-state index in [9.17, 15) is 9.90 Å². The Hall–Kier alpha value is -1.72. The summed E-state index contributed by atoms with van der Waals surface area (Å²) in [4.78, 5) is 17.4. The fraction of sp³-hybridized carbons (Fsp3) is 0.318. The van der Waals surface area contributed by atoms with Gasteiger partial charge in [-0.05, 0) is 18.1 Å². The van der Waals surface area contributed by atoms with E-state index in [1.807, 2.05) is 39.0 Å². The van der Waals surface area contributed by atoms with Gasteiger partial charge in [-0.25, -0.2) is 0 Å². The Balaban J connectivity index is 0.00000204. The third kappa shape index (κ3) is 5.92. The third-order valence-corrected chi connectivity index (χ3v) is 4.90. The maximum Gasteiger partial charge on any atom is 0.276 e. The molecule has 0 saturated heterocycles. The van der Waals surface area contributed by atoms with Crippen molar-refractivity contribution in [2.75, 3.05) is 20.3 Å². The fourth-order valence-electron chi connectivity index (χ4n) is 2.68. The van der Waals surface area contributed by atoms with Crippen LogP contribution in [0.4, 0.5) is 0 Å². The first kappa shape index (κ1) is 28.3. The van der Waals surface area contributed by atoms with Crippen LogP contribution in [0.3, 0.4) is 0 Å². The van der Waals surface area contributed by atoms with E-state index in [1.165, 1.54) is 15.9 Å². The fourth-order valence-corrected chi connectivity index (χ4v) is 3.58. The molecule has 1 aromatic carbocycles. The zero-order chi connectivity index (χ0) is 20.7. The number of hydrogen-bond acceptors (Lipinski definition) is 6. The molecule has 0 spiro atoms. The molecule has 0 unspecified atom stereocenters. The van der Waals surface area contributed by atoms with Gasteiger partial charge >= 0.3 is 0 Å². The number of benzene rings is 1. The van der Waals surface area contributed by atoms with Crippen LogP contribution in [0.1, 0.15) is 19.4 Å². The van der Waals surface area contributed by atoms with Gasteiger partial charge in [0.15, 0.2) is 5.65 Å². The number of ether oxygens (including phenoxy) is 2. The molecule has 1 radical (unpaired) electrons. The molecule has 0 aliphatic heterocycles. The Bertz CT molecular complexity index is 1050. The Morgan fingerprint density at radius 3 is 2.53 bits per heavy atom. The molecule has 0 saturated carbocycles. The van der Waals surface area contributed by atoms with Crippen LogP contribution in [-0.4, -0.2) is 35.0 Å². The number of rotatable bonds is 6. The van der Waals surface area contributed by atoms with Crippen molar-refractivity contribution in [3.63, 3.8) is 0 Å². The first-order valence-corrected chi connectivity index (χ1v) is 9.77. The van der Waals surface area contributed by atoms with Gasteiger partial charge in [0.05, 0.1) is 18.7 Å². The van der Waals surface area contributed by atoms with Gasteiger partial charge < -0.3 is 22.0 Å². The molecule has 0 aliphatic carbocycles. The average Bonchev–Trinajstić information content (AvgIpc) is 3.13. The van der Waals surface area contributed by atoms with Gasteiger partial charge in [-0.3, -0.25) is 9.36 Å². The third-order valence-electron chi connectivity index (χ3n) is 3.93. The molecule has 3 aromatic rings. The summed E-state index contributed by atoms with van der Waals surface area (Å²) in [6.45, 7) is 6.67. The standard InChI is InChI=1S/C19H18N2O4S.C2H6.CH3.Y/c1-4-9-21-17-16(26-19(20-17)25-11-10-24-3)15(22)14(18(21)23)13-8-6-5-7-12(13)2;1-2;;/h1,5-8,22H,9-11H2,2-3H3;1-2H3;1H3;/q;;-1;. The van der Waals surface area contributed by atoms with Gasteiger partial charge in [-0.1, -0.05) is 55.4 Å². The largest absolute Gasteiger partial charge is 0.505 e. The zero-order valence-corrected chi connectivity index (χ0v) is 21.7. The molecule has 0 fully saturated rings. The van der Waals surface area contributed by atoms with Crippen molar-refractivity contribution in [3.05, 3.63) is 47.6 Å². The van der Waals surface area contributed by atoms with Gasteiger partial charge in [-0.15, -0.1) is 6.42 Å². The number of nitrogens with zero attached hydrogens (tertiary/aromatic N) is 2. The Morgan fingerprint density at radius 2 is 1.93 bits per heavy atom. The number of pyridine rings is 1. The molecule has 0 bridgehead atoms. The summed E-state index contributed by atoms with van der Waals surface area (Å²) in [7, 11) is 1.58. The smallest absolute Gasteiger partial charge is 0.276 e. The van der Waals surface area contributed by atoms with E-state index in [-0.39, 0.29) is 63.6 Å². The number of methoxy groups -OCH3 is 1. The number of aromatic nitrogens is 2. The van der Waals surface area contributed by atoms with E-state index in [4.69, 9.17) is 15.9 Å². The summed E-state index contributed by atoms with van der Waals surface area (Å²) in [5, 5.41) is 11.2. The second kappa shape index (κ2) is 13.6. The number of terminal acetylenes is 1. The van der Waals surface area contributed by atoms with Crippen LogP contribution in [-0.2, 0) is 44.0 Å². The summed E-state index contributed by atoms with van der Waals surface area (Å²) in [5.41, 5.74) is 1.71. The van der Waals surface area contributed by atoms with Crippen molar-refractivity contribution in [1.82, 2.24) is 9.55 Å². The number of thiazole rings is 1. The summed E-state index contributed by atoms with van der Waals surface area (Å²) in [5.74, 6) is 2.37. The van der Waals surface area contributed by atoms with Crippen molar-refractivity contribution < 1.29 is 47.3 Å². The van der Waals surface area contributed by atoms with Crippen molar-refractivity contribution in [3.8, 4) is 34.4 Å². The quantitative estimate of drug-likeness (QED) is 0.308. The molecular formula is C22H27N2O4SY-. The minimum atomic E-state index is -0.379. The van der Waals surface area contributed by atoms with Crippen LogP contribution in [0, 0.1) is 26.7 Å². The number of fused-ring (bicyclic) bond motifs is 1. The van der Waals surface area contributed by atoms with Crippen LogP contribution in [0.2, 0.25) is 0 Å². The molecule has 3 rings (SSSR count). The maximum atomic E-state index is 13.0. The average molecular weight is 504 g/mol. The van der Waals surface area contributed by atoms with E-state index in [1.54, 1.807) is 13.2 Å². The molecule has 6 nitrogen and oxygen atoms in total. The van der Waals surface area contributed by atoms with Gasteiger partial charge in [0.2, 0.25) is 0 Å². The number of aryl methyl sites for hydroxylation is 1. The SMILES string of the molecule is C#CCn1c(=O)c(-c2ccccc2C)c(O)c2sc(OCCOC)nc21.CC.[CH3-].[Y]. The van der Waals surface area contributed by atoms with Gasteiger partial charge in [-0.2, -0.15) is 4.98 Å². The number of aromatic hydroxyl groups is 1. The molecular weight excluding hydrogens is 477 g/mol. The van der Waals surface area contributed by atoms with E-state index in [0.29, 0.717) is 34.3 Å². The van der Waals surface area contributed by atoms with Crippen molar-refractivity contribution in [1.29, 1.82) is 0 Å². The van der Waals surface area contributed by atoms with Crippen LogP contribution in [0.15, 0.2) is 29.1 Å². The molecule has 159 valence electrons. The Kier molecular flexibility index (Phi) is 12.8. The van der Waals surface area contributed by atoms with E-state index >= 15 is 0 Å². The van der Waals surface area contributed by atoms with Gasteiger partial charge in [0.25, 0.3) is 10.8 Å². The second-order valence-corrected chi connectivity index (χ2v) is 6.57. The topological polar surface area (TPSA) is 73.6 Å². The molecule has 30 heavy (non-hydrogen) atoms. The molecule has 2 aromatic heterocycles. The normalized spacial score (nSPS) is 9.57. The van der Waals surface area contributed by atoms with Gasteiger partial charge in [0.1, 0.15) is 17.1 Å². The van der Waals surface area contributed by atoms with Gasteiger partial charge in [0, 0.05) is 39.8 Å². The second-order valence-electron chi connectivity index (χ2n) is 5.61. The molecule has 1 N–H and O–H groups in total. The summed E-state index contributed by atoms with van der Waals surface area (Å²) in [6.07, 6.45) is 5.44. The van der Waals surface area contributed by atoms with Crippen LogP contribution in [0.5, 0.6) is 10.9 Å². The molecule has 8 heteroatoms. The Morgan fingerprint density at radius 1 is 1.27 bits per heavy atom. The van der Waals surface area contributed by atoms with Crippen molar-refractivity contribution in [2.24, 2.45) is 0 Å². The van der Waals surface area contributed by atoms with E-state index in [0.717, 1.165) is 5.56 Å². The Labute approximate surface area is 207 Å². The molecule has 0 atom stereocenters. The predicted molar refractivity (Wildman–Crippen MR) is 120 cm³/mol. The zero-order valence-electron chi connectivity index (χ0n) is 18.1. The minimum Gasteiger partial charge on any atom is -0.505 e. The van der Waals surface area contributed by atoms with E-state index < -0.39 is 0 Å². The maximum absolute atomic E-state index is 13.0. The molecule has 0 amide bonds. The monoisotopic (exact) mass is 504 g/mol. The first-order valence-electron chi connectivity index (χ1n) is 8.96. The molecule has 2 heterocycles. The first-order chi connectivity index (χ1) is 13.6. The van der Waals surface area contributed by atoms with Crippen LogP contribution >= 0.6 is 11.3 Å². The van der Waals surface area contributed by atoms with Crippen molar-refractivity contribution in [2.45, 2.75) is 27.3 Å². The van der Waals surface area contributed by atoms with E-state index in [2.05, 4.69) is 10.9 Å².